The third kappa shape index (κ3) is 2.25. The summed E-state index contributed by atoms with van der Waals surface area (Å²) in [6.07, 6.45) is 0. The first-order chi connectivity index (χ1) is 7.79. The minimum absolute atomic E-state index is 0.739. The zero-order valence-electron chi connectivity index (χ0n) is 9.20. The molecule has 2 aromatic rings. The van der Waals surface area contributed by atoms with Crippen LogP contribution in [0.1, 0.15) is 0 Å². The highest BCUT2D eigenvalue weighted by Crippen LogP contribution is 2.26. The lowest BCUT2D eigenvalue weighted by molar-refractivity contribution is 1.49. The highest BCUT2D eigenvalue weighted by molar-refractivity contribution is 5.76. The lowest BCUT2D eigenvalue weighted by Crippen LogP contribution is -1.97. The Kier molecular flexibility index (Phi) is 2.96. The minimum Gasteiger partial charge on any atom is -0.397 e. The number of benzene rings is 2. The molecule has 3 nitrogen and oxygen atoms in total. The zero-order chi connectivity index (χ0) is 11.4. The molecule has 0 fully saturated rings. The molecule has 0 bridgehead atoms. The Balaban J connectivity index is 2.27. The number of hydrogen-bond acceptors (Lipinski definition) is 3. The van der Waals surface area contributed by atoms with Gasteiger partial charge in [-0.2, -0.15) is 0 Å². The van der Waals surface area contributed by atoms with Crippen LogP contribution in [0.3, 0.4) is 0 Å². The van der Waals surface area contributed by atoms with Crippen LogP contribution in [0.25, 0.3) is 0 Å². The number of nitrogen functional groups attached to an aromatic ring is 1. The first-order valence-electron chi connectivity index (χ1n) is 5.19. The molecule has 0 heterocycles. The van der Waals surface area contributed by atoms with Crippen molar-refractivity contribution in [2.75, 3.05) is 23.4 Å². The fourth-order valence-corrected chi connectivity index (χ4v) is 1.50. The van der Waals surface area contributed by atoms with Crippen LogP contribution in [-0.2, 0) is 0 Å². The monoisotopic (exact) mass is 213 g/mol. The van der Waals surface area contributed by atoms with Gasteiger partial charge in [-0.3, -0.25) is 0 Å². The normalized spacial score (nSPS) is 9.81. The van der Waals surface area contributed by atoms with Crippen LogP contribution in [0.15, 0.2) is 48.5 Å². The second-order valence-corrected chi connectivity index (χ2v) is 3.54. The van der Waals surface area contributed by atoms with E-state index in [4.69, 9.17) is 5.73 Å². The van der Waals surface area contributed by atoms with E-state index in [9.17, 15) is 0 Å². The Hall–Kier alpha value is -2.16. The van der Waals surface area contributed by atoms with Crippen LogP contribution in [0.4, 0.5) is 22.7 Å². The molecule has 16 heavy (non-hydrogen) atoms. The predicted octanol–water partition coefficient (Wildman–Crippen LogP) is 3.05. The molecule has 2 rings (SSSR count). The summed E-state index contributed by atoms with van der Waals surface area (Å²) in [7, 11) is 1.89. The van der Waals surface area contributed by atoms with Crippen LogP contribution in [0, 0.1) is 0 Å². The smallest absolute Gasteiger partial charge is 0.0638 e. The highest BCUT2D eigenvalue weighted by atomic mass is 14.9. The summed E-state index contributed by atoms with van der Waals surface area (Å²) in [6, 6.07) is 15.8. The standard InChI is InChI=1S/C13H15N3/c1-15-11-7-8-12(14)13(9-11)16-10-5-3-2-4-6-10/h2-9,15-16H,14H2,1H3. The molecule has 0 aromatic heterocycles. The van der Waals surface area contributed by atoms with E-state index >= 15 is 0 Å². The van der Waals surface area contributed by atoms with Gasteiger partial charge in [-0.25, -0.2) is 0 Å². The summed E-state index contributed by atoms with van der Waals surface area (Å²) in [6.45, 7) is 0. The van der Waals surface area contributed by atoms with Gasteiger partial charge in [-0.1, -0.05) is 18.2 Å². The van der Waals surface area contributed by atoms with Crippen LogP contribution in [-0.4, -0.2) is 7.05 Å². The van der Waals surface area contributed by atoms with Gasteiger partial charge in [-0.15, -0.1) is 0 Å². The number of hydrogen-bond donors (Lipinski definition) is 3. The largest absolute Gasteiger partial charge is 0.397 e. The van der Waals surface area contributed by atoms with Crippen LogP contribution in [0.5, 0.6) is 0 Å². The van der Waals surface area contributed by atoms with Crippen molar-refractivity contribution in [1.82, 2.24) is 0 Å². The average molecular weight is 213 g/mol. The molecule has 0 saturated carbocycles. The minimum atomic E-state index is 0.739. The Morgan fingerprint density at radius 2 is 1.69 bits per heavy atom. The van der Waals surface area contributed by atoms with Gasteiger partial charge in [0.05, 0.1) is 11.4 Å². The molecule has 4 N–H and O–H groups in total. The third-order valence-electron chi connectivity index (χ3n) is 2.39. The first-order valence-corrected chi connectivity index (χ1v) is 5.19. The third-order valence-corrected chi connectivity index (χ3v) is 2.39. The van der Waals surface area contributed by atoms with Crippen molar-refractivity contribution in [3.05, 3.63) is 48.5 Å². The highest BCUT2D eigenvalue weighted by Gasteiger charge is 2.00. The fraction of sp³-hybridized carbons (Fsp3) is 0.0769. The number of nitrogens with two attached hydrogens (primary N) is 1. The van der Waals surface area contributed by atoms with E-state index in [1.54, 1.807) is 0 Å². The molecule has 0 aliphatic carbocycles. The second kappa shape index (κ2) is 4.57. The number of nitrogens with one attached hydrogen (secondary N) is 2. The Morgan fingerprint density at radius 3 is 2.38 bits per heavy atom. The molecule has 0 saturated heterocycles. The summed E-state index contributed by atoms with van der Waals surface area (Å²) in [5.74, 6) is 0. The molecule has 82 valence electrons. The van der Waals surface area contributed by atoms with Crippen molar-refractivity contribution in [2.24, 2.45) is 0 Å². The summed E-state index contributed by atoms with van der Waals surface area (Å²) in [5.41, 5.74) is 9.62. The molecular formula is C13H15N3. The van der Waals surface area contributed by atoms with Gasteiger partial charge < -0.3 is 16.4 Å². The van der Waals surface area contributed by atoms with Crippen molar-refractivity contribution < 1.29 is 0 Å². The summed E-state index contributed by atoms with van der Waals surface area (Å²) >= 11 is 0. The molecule has 0 radical (unpaired) electrons. The van der Waals surface area contributed by atoms with Crippen molar-refractivity contribution in [2.45, 2.75) is 0 Å². The molecule has 0 atom stereocenters. The van der Waals surface area contributed by atoms with E-state index in [1.807, 2.05) is 55.6 Å². The van der Waals surface area contributed by atoms with E-state index in [-0.39, 0.29) is 0 Å². The maximum absolute atomic E-state index is 5.90. The summed E-state index contributed by atoms with van der Waals surface area (Å²) in [5, 5.41) is 6.37. The molecule has 0 amide bonds. The summed E-state index contributed by atoms with van der Waals surface area (Å²) < 4.78 is 0. The van der Waals surface area contributed by atoms with Crippen LogP contribution >= 0.6 is 0 Å². The van der Waals surface area contributed by atoms with Gasteiger partial charge in [0, 0.05) is 18.4 Å². The molecule has 3 heteroatoms. The van der Waals surface area contributed by atoms with Crippen molar-refractivity contribution in [1.29, 1.82) is 0 Å². The lowest BCUT2D eigenvalue weighted by Gasteiger charge is -2.11. The SMILES string of the molecule is CNc1ccc(N)c(Nc2ccccc2)c1. The quantitative estimate of drug-likeness (QED) is 0.687. The van der Waals surface area contributed by atoms with E-state index in [0.29, 0.717) is 0 Å². The van der Waals surface area contributed by atoms with E-state index < -0.39 is 0 Å². The Morgan fingerprint density at radius 1 is 0.938 bits per heavy atom. The van der Waals surface area contributed by atoms with Crippen molar-refractivity contribution >= 4 is 22.7 Å². The number of para-hydroxylation sites is 1. The topological polar surface area (TPSA) is 50.1 Å². The molecular weight excluding hydrogens is 198 g/mol. The molecule has 0 spiro atoms. The van der Waals surface area contributed by atoms with Crippen LogP contribution < -0.4 is 16.4 Å². The van der Waals surface area contributed by atoms with Gasteiger partial charge in [0.15, 0.2) is 0 Å². The maximum Gasteiger partial charge on any atom is 0.0638 e. The Bertz CT molecular complexity index is 466. The Labute approximate surface area is 95.3 Å². The summed E-state index contributed by atoms with van der Waals surface area (Å²) in [4.78, 5) is 0. The molecule has 0 unspecified atom stereocenters. The zero-order valence-corrected chi connectivity index (χ0v) is 9.20. The van der Waals surface area contributed by atoms with E-state index in [2.05, 4.69) is 10.6 Å². The van der Waals surface area contributed by atoms with Gasteiger partial charge in [0.2, 0.25) is 0 Å². The van der Waals surface area contributed by atoms with Gasteiger partial charge in [0.1, 0.15) is 0 Å². The average Bonchev–Trinajstić information content (AvgIpc) is 2.33. The van der Waals surface area contributed by atoms with Crippen molar-refractivity contribution in [3.8, 4) is 0 Å². The molecule has 0 aliphatic heterocycles. The predicted molar refractivity (Wildman–Crippen MR) is 70.1 cm³/mol. The van der Waals surface area contributed by atoms with Gasteiger partial charge in [0.25, 0.3) is 0 Å². The number of rotatable bonds is 3. The molecule has 0 aliphatic rings. The lowest BCUT2D eigenvalue weighted by atomic mass is 10.2. The van der Waals surface area contributed by atoms with Gasteiger partial charge in [-0.05, 0) is 30.3 Å². The van der Waals surface area contributed by atoms with E-state index in [0.717, 1.165) is 22.7 Å². The maximum atomic E-state index is 5.90. The van der Waals surface area contributed by atoms with Crippen molar-refractivity contribution in [3.63, 3.8) is 0 Å². The first kappa shape index (κ1) is 10.4. The van der Waals surface area contributed by atoms with E-state index in [1.165, 1.54) is 0 Å². The fourth-order valence-electron chi connectivity index (χ4n) is 1.50. The second-order valence-electron chi connectivity index (χ2n) is 3.54. The van der Waals surface area contributed by atoms with Gasteiger partial charge >= 0.3 is 0 Å². The van der Waals surface area contributed by atoms with Crippen LogP contribution in [0.2, 0.25) is 0 Å². The molecule has 2 aromatic carbocycles. The number of anilines is 4.